The SMILES string of the molecule is COC(CN(C)C(=O)CCOCCc1cccc(CN2CC3CC(OC(=O)Nc4ccccc4-c4ccccc4)C[C@@H]3C2)c1)OC. The van der Waals surface area contributed by atoms with Gasteiger partial charge >= 0.3 is 6.09 Å². The molecule has 1 aliphatic heterocycles. The molecular weight excluding hydrogens is 582 g/mol. The number of nitrogens with zero attached hydrogens (tertiary/aromatic N) is 2. The molecule has 3 aromatic rings. The van der Waals surface area contributed by atoms with Gasteiger partial charge in [0.1, 0.15) is 6.10 Å². The molecule has 246 valence electrons. The molecule has 9 nitrogen and oxygen atoms in total. The number of nitrogens with one attached hydrogen (secondary N) is 1. The number of likely N-dealkylation sites (tertiary alicyclic amines) is 1. The van der Waals surface area contributed by atoms with E-state index in [0.29, 0.717) is 38.0 Å². The van der Waals surface area contributed by atoms with Crippen LogP contribution in [-0.2, 0) is 36.7 Å². The summed E-state index contributed by atoms with van der Waals surface area (Å²) in [6.07, 6.45) is 2.08. The van der Waals surface area contributed by atoms with Gasteiger partial charge in [-0.15, -0.1) is 0 Å². The van der Waals surface area contributed by atoms with Gasteiger partial charge < -0.3 is 23.8 Å². The number of rotatable bonds is 15. The van der Waals surface area contributed by atoms with Gasteiger partial charge in [0.25, 0.3) is 0 Å². The number of carbonyl (C=O) groups excluding carboxylic acids is 2. The van der Waals surface area contributed by atoms with E-state index in [9.17, 15) is 9.59 Å². The lowest BCUT2D eigenvalue weighted by Gasteiger charge is -2.22. The minimum absolute atomic E-state index is 0.00207. The fraction of sp³-hybridized carbons (Fsp3) is 0.459. The number of amides is 2. The van der Waals surface area contributed by atoms with Crippen LogP contribution in [-0.4, -0.2) is 88.3 Å². The highest BCUT2D eigenvalue weighted by Gasteiger charge is 2.42. The van der Waals surface area contributed by atoms with Gasteiger partial charge in [-0.1, -0.05) is 72.8 Å². The monoisotopic (exact) mass is 629 g/mol. The fourth-order valence-corrected chi connectivity index (χ4v) is 6.67. The summed E-state index contributed by atoms with van der Waals surface area (Å²) in [6, 6.07) is 26.6. The zero-order valence-corrected chi connectivity index (χ0v) is 27.2. The van der Waals surface area contributed by atoms with Crippen LogP contribution in [0, 0.1) is 11.8 Å². The predicted octanol–water partition coefficient (Wildman–Crippen LogP) is 5.84. The van der Waals surface area contributed by atoms with Crippen molar-refractivity contribution < 1.29 is 28.5 Å². The Morgan fingerprint density at radius 2 is 1.59 bits per heavy atom. The highest BCUT2D eigenvalue weighted by atomic mass is 16.7. The Labute approximate surface area is 272 Å². The number of ether oxygens (including phenoxy) is 4. The van der Waals surface area contributed by atoms with E-state index in [1.165, 1.54) is 11.1 Å². The van der Waals surface area contributed by atoms with Crippen molar-refractivity contribution in [2.24, 2.45) is 11.8 Å². The number of carbonyl (C=O) groups is 2. The molecule has 1 saturated heterocycles. The van der Waals surface area contributed by atoms with Gasteiger partial charge in [0.05, 0.1) is 31.9 Å². The quantitative estimate of drug-likeness (QED) is 0.167. The first-order chi connectivity index (χ1) is 22.4. The minimum Gasteiger partial charge on any atom is -0.446 e. The molecular formula is C37H47N3O6. The maximum atomic E-state index is 12.9. The van der Waals surface area contributed by atoms with Crippen LogP contribution in [0.2, 0.25) is 0 Å². The second-order valence-electron chi connectivity index (χ2n) is 12.4. The lowest BCUT2D eigenvalue weighted by atomic mass is 10.0. The molecule has 0 bridgehead atoms. The summed E-state index contributed by atoms with van der Waals surface area (Å²) in [4.78, 5) is 29.3. The van der Waals surface area contributed by atoms with E-state index in [-0.39, 0.29) is 18.1 Å². The van der Waals surface area contributed by atoms with Crippen molar-refractivity contribution >= 4 is 17.7 Å². The Balaban J connectivity index is 1.00. The van der Waals surface area contributed by atoms with Crippen LogP contribution in [0.25, 0.3) is 11.1 Å². The van der Waals surface area contributed by atoms with E-state index in [1.54, 1.807) is 26.2 Å². The summed E-state index contributed by atoms with van der Waals surface area (Å²) in [7, 11) is 4.86. The molecule has 3 aromatic carbocycles. The Morgan fingerprint density at radius 3 is 2.33 bits per heavy atom. The summed E-state index contributed by atoms with van der Waals surface area (Å²) in [5.74, 6) is 1.09. The third kappa shape index (κ3) is 9.39. The lowest BCUT2D eigenvalue weighted by Crippen LogP contribution is -2.36. The second kappa shape index (κ2) is 16.7. The van der Waals surface area contributed by atoms with Gasteiger partial charge in [-0.3, -0.25) is 15.0 Å². The fourth-order valence-electron chi connectivity index (χ4n) is 6.67. The Morgan fingerprint density at radius 1 is 0.891 bits per heavy atom. The number of hydrogen-bond donors (Lipinski definition) is 1. The van der Waals surface area contributed by atoms with E-state index in [4.69, 9.17) is 18.9 Å². The molecule has 1 N–H and O–H groups in total. The first-order valence-electron chi connectivity index (χ1n) is 16.2. The van der Waals surface area contributed by atoms with Crippen molar-refractivity contribution in [2.75, 3.05) is 59.4 Å². The average Bonchev–Trinajstić information content (AvgIpc) is 3.61. The number of para-hydroxylation sites is 1. The summed E-state index contributed by atoms with van der Waals surface area (Å²) >= 11 is 0. The largest absolute Gasteiger partial charge is 0.446 e. The van der Waals surface area contributed by atoms with E-state index in [2.05, 4.69) is 34.5 Å². The van der Waals surface area contributed by atoms with Crippen LogP contribution in [0.3, 0.4) is 0 Å². The van der Waals surface area contributed by atoms with Crippen molar-refractivity contribution in [2.45, 2.75) is 44.6 Å². The van der Waals surface area contributed by atoms with Gasteiger partial charge in [0.15, 0.2) is 6.29 Å². The first kappa shape index (κ1) is 33.6. The Bertz CT molecular complexity index is 1400. The maximum absolute atomic E-state index is 12.9. The van der Waals surface area contributed by atoms with Gasteiger partial charge in [-0.25, -0.2) is 4.79 Å². The van der Waals surface area contributed by atoms with E-state index >= 15 is 0 Å². The molecule has 2 fully saturated rings. The topological polar surface area (TPSA) is 89.6 Å². The number of likely N-dealkylation sites (N-methyl/N-ethyl adjacent to an activating group) is 1. The minimum atomic E-state index is -0.429. The molecule has 1 saturated carbocycles. The van der Waals surface area contributed by atoms with E-state index in [1.807, 2.05) is 54.6 Å². The molecule has 1 aliphatic carbocycles. The molecule has 0 aromatic heterocycles. The van der Waals surface area contributed by atoms with Crippen molar-refractivity contribution in [3.05, 3.63) is 90.0 Å². The summed E-state index contributed by atoms with van der Waals surface area (Å²) in [6.45, 7) is 4.29. The van der Waals surface area contributed by atoms with Crippen LogP contribution >= 0.6 is 0 Å². The van der Waals surface area contributed by atoms with Crippen LogP contribution in [0.1, 0.15) is 30.4 Å². The molecule has 9 heteroatoms. The Kier molecular flexibility index (Phi) is 12.2. The van der Waals surface area contributed by atoms with Crippen molar-refractivity contribution in [3.63, 3.8) is 0 Å². The molecule has 1 heterocycles. The second-order valence-corrected chi connectivity index (χ2v) is 12.4. The van der Waals surface area contributed by atoms with Crippen molar-refractivity contribution in [1.82, 2.24) is 9.80 Å². The van der Waals surface area contributed by atoms with Crippen molar-refractivity contribution in [3.8, 4) is 11.1 Å². The number of anilines is 1. The molecule has 5 rings (SSSR count). The highest BCUT2D eigenvalue weighted by molar-refractivity contribution is 5.91. The number of methoxy groups -OCH3 is 2. The molecule has 0 radical (unpaired) electrons. The van der Waals surface area contributed by atoms with E-state index < -0.39 is 6.29 Å². The molecule has 2 unspecified atom stereocenters. The maximum Gasteiger partial charge on any atom is 0.411 e. The molecule has 0 spiro atoms. The van der Waals surface area contributed by atoms with Crippen LogP contribution < -0.4 is 5.32 Å². The molecule has 3 atom stereocenters. The first-order valence-corrected chi connectivity index (χ1v) is 16.2. The standard InChI is InChI=1S/C37H47N3O6/c1-39(26-36(43-2)44-3)35(41)17-19-45-18-16-27-10-9-11-28(20-27)23-40-24-30-21-32(22-31(30)25-40)46-37(42)38-34-15-8-7-14-33(34)29-12-5-4-6-13-29/h4-15,20,30-32,36H,16-19,21-26H2,1-3H3,(H,38,42)/t30-,31?,32?/m1/s1. The summed E-state index contributed by atoms with van der Waals surface area (Å²) in [5.41, 5.74) is 5.32. The predicted molar refractivity (Wildman–Crippen MR) is 178 cm³/mol. The number of fused-ring (bicyclic) bond motifs is 1. The van der Waals surface area contributed by atoms with Crippen LogP contribution in [0.5, 0.6) is 0 Å². The third-order valence-corrected chi connectivity index (χ3v) is 9.07. The van der Waals surface area contributed by atoms with Crippen molar-refractivity contribution in [1.29, 1.82) is 0 Å². The number of benzene rings is 3. The molecule has 46 heavy (non-hydrogen) atoms. The lowest BCUT2D eigenvalue weighted by molar-refractivity contribution is -0.143. The zero-order chi connectivity index (χ0) is 32.3. The van der Waals surface area contributed by atoms with Crippen LogP contribution in [0.15, 0.2) is 78.9 Å². The van der Waals surface area contributed by atoms with Gasteiger partial charge in [-0.05, 0) is 53.9 Å². The summed E-state index contributed by atoms with van der Waals surface area (Å²) < 4.78 is 22.0. The normalized spacial score (nSPS) is 19.3. The average molecular weight is 630 g/mol. The summed E-state index contributed by atoms with van der Waals surface area (Å²) in [5, 5.41) is 2.98. The van der Waals surface area contributed by atoms with Crippen LogP contribution in [0.4, 0.5) is 10.5 Å². The van der Waals surface area contributed by atoms with Gasteiger partial charge in [-0.2, -0.15) is 0 Å². The smallest absolute Gasteiger partial charge is 0.411 e. The Hall–Kier alpha value is -3.76. The molecule has 2 aliphatic rings. The van der Waals surface area contributed by atoms with Gasteiger partial charge in [0.2, 0.25) is 5.91 Å². The number of hydrogen-bond acceptors (Lipinski definition) is 7. The zero-order valence-electron chi connectivity index (χ0n) is 27.2. The van der Waals surface area contributed by atoms with E-state index in [0.717, 1.165) is 55.7 Å². The third-order valence-electron chi connectivity index (χ3n) is 9.07. The molecule has 2 amide bonds. The van der Waals surface area contributed by atoms with Gasteiger partial charge in [0, 0.05) is 46.5 Å². The highest BCUT2D eigenvalue weighted by Crippen LogP contribution is 2.40.